The first kappa shape index (κ1) is 17.5. The highest BCUT2D eigenvalue weighted by Gasteiger charge is 2.24. The summed E-state index contributed by atoms with van der Waals surface area (Å²) in [5.41, 5.74) is 1.60. The molecule has 0 saturated heterocycles. The Labute approximate surface area is 151 Å². The average molecular weight is 358 g/mol. The Morgan fingerprint density at radius 3 is 2.68 bits per heavy atom. The van der Waals surface area contributed by atoms with Crippen LogP contribution in [-0.4, -0.2) is 46.3 Å². The number of thiazole rings is 1. The van der Waals surface area contributed by atoms with Crippen LogP contribution in [0.2, 0.25) is 0 Å². The molecular formula is C18H22N4O2S. The summed E-state index contributed by atoms with van der Waals surface area (Å²) in [5, 5.41) is 3.44. The second-order valence-electron chi connectivity index (χ2n) is 6.52. The van der Waals surface area contributed by atoms with Crippen molar-refractivity contribution in [2.75, 3.05) is 19.6 Å². The number of pyridine rings is 1. The quantitative estimate of drug-likeness (QED) is 0.909. The van der Waals surface area contributed by atoms with Crippen LogP contribution in [0.4, 0.5) is 0 Å². The molecule has 0 saturated carbocycles. The lowest BCUT2D eigenvalue weighted by molar-refractivity contribution is 0.0762. The van der Waals surface area contributed by atoms with Gasteiger partial charge in [0.2, 0.25) is 0 Å². The summed E-state index contributed by atoms with van der Waals surface area (Å²) >= 11 is 1.45. The molecule has 3 rings (SSSR count). The second-order valence-corrected chi connectivity index (χ2v) is 7.60. The molecule has 0 aromatic carbocycles. The van der Waals surface area contributed by atoms with Crippen LogP contribution in [-0.2, 0) is 12.8 Å². The molecule has 0 unspecified atom stereocenters. The normalized spacial score (nSPS) is 14.1. The van der Waals surface area contributed by atoms with Crippen molar-refractivity contribution in [3.8, 4) is 0 Å². The number of nitrogens with zero attached hydrogens (tertiary/aromatic N) is 3. The van der Waals surface area contributed by atoms with E-state index < -0.39 is 0 Å². The van der Waals surface area contributed by atoms with Crippen LogP contribution >= 0.6 is 11.3 Å². The van der Waals surface area contributed by atoms with Crippen LogP contribution in [0, 0.1) is 5.92 Å². The van der Waals surface area contributed by atoms with Gasteiger partial charge in [0.25, 0.3) is 11.8 Å². The lowest BCUT2D eigenvalue weighted by Gasteiger charge is -2.20. The molecule has 7 heteroatoms. The van der Waals surface area contributed by atoms with Crippen molar-refractivity contribution in [2.24, 2.45) is 5.92 Å². The van der Waals surface area contributed by atoms with Crippen molar-refractivity contribution < 1.29 is 9.59 Å². The minimum atomic E-state index is -0.100. The predicted molar refractivity (Wildman–Crippen MR) is 96.8 cm³/mol. The van der Waals surface area contributed by atoms with Gasteiger partial charge in [0, 0.05) is 55.3 Å². The minimum Gasteiger partial charge on any atom is -0.350 e. The number of nitrogens with one attached hydrogen (secondary N) is 1. The van der Waals surface area contributed by atoms with Crippen molar-refractivity contribution in [3.05, 3.63) is 45.7 Å². The summed E-state index contributed by atoms with van der Waals surface area (Å²) in [5.74, 6) is 0.332. The smallest absolute Gasteiger partial charge is 0.280 e. The fourth-order valence-corrected chi connectivity index (χ4v) is 3.73. The van der Waals surface area contributed by atoms with Crippen molar-refractivity contribution in [2.45, 2.75) is 26.7 Å². The Bertz CT molecular complexity index is 732. The van der Waals surface area contributed by atoms with Crippen LogP contribution in [0.3, 0.4) is 0 Å². The third-order valence-corrected chi connectivity index (χ3v) is 5.24. The van der Waals surface area contributed by atoms with Crippen molar-refractivity contribution >= 4 is 23.2 Å². The summed E-state index contributed by atoms with van der Waals surface area (Å²) < 4.78 is 0. The van der Waals surface area contributed by atoms with E-state index in [0.29, 0.717) is 42.5 Å². The van der Waals surface area contributed by atoms with Gasteiger partial charge in [-0.15, -0.1) is 11.3 Å². The van der Waals surface area contributed by atoms with E-state index in [2.05, 4.69) is 29.1 Å². The van der Waals surface area contributed by atoms with Gasteiger partial charge in [-0.05, 0) is 18.1 Å². The first-order chi connectivity index (χ1) is 12.0. The molecule has 0 radical (unpaired) electrons. The Hall–Kier alpha value is -2.28. The van der Waals surface area contributed by atoms with Gasteiger partial charge in [0.05, 0.1) is 5.69 Å². The Morgan fingerprint density at radius 1 is 1.24 bits per heavy atom. The zero-order valence-electron chi connectivity index (χ0n) is 14.5. The van der Waals surface area contributed by atoms with E-state index in [9.17, 15) is 9.59 Å². The second kappa shape index (κ2) is 7.74. The van der Waals surface area contributed by atoms with E-state index in [1.165, 1.54) is 11.3 Å². The molecule has 2 aromatic rings. The van der Waals surface area contributed by atoms with E-state index in [1.807, 2.05) is 4.90 Å². The maximum Gasteiger partial charge on any atom is 0.280 e. The van der Waals surface area contributed by atoms with Gasteiger partial charge in [-0.2, -0.15) is 0 Å². The summed E-state index contributed by atoms with van der Waals surface area (Å²) in [7, 11) is 0. The molecule has 1 aliphatic heterocycles. The Kier molecular flexibility index (Phi) is 5.43. The van der Waals surface area contributed by atoms with Crippen LogP contribution < -0.4 is 5.32 Å². The highest BCUT2D eigenvalue weighted by Crippen LogP contribution is 2.23. The zero-order valence-corrected chi connectivity index (χ0v) is 15.3. The highest BCUT2D eigenvalue weighted by atomic mass is 32.1. The van der Waals surface area contributed by atoms with Crippen molar-refractivity contribution in [3.63, 3.8) is 0 Å². The number of amides is 2. The highest BCUT2D eigenvalue weighted by molar-refractivity contribution is 7.13. The molecule has 0 aliphatic carbocycles. The van der Waals surface area contributed by atoms with Gasteiger partial charge in [-0.1, -0.05) is 13.8 Å². The predicted octanol–water partition coefficient (Wildman–Crippen LogP) is 2.16. The molecule has 6 nitrogen and oxygen atoms in total. The summed E-state index contributed by atoms with van der Waals surface area (Å²) in [4.78, 5) is 36.2. The van der Waals surface area contributed by atoms with E-state index in [-0.39, 0.29) is 11.8 Å². The van der Waals surface area contributed by atoms with Gasteiger partial charge in [0.1, 0.15) is 0 Å². The molecule has 0 bridgehead atoms. The molecule has 0 atom stereocenters. The fourth-order valence-electron chi connectivity index (χ4n) is 2.71. The number of carbonyl (C=O) groups excluding carboxylic acids is 2. The van der Waals surface area contributed by atoms with Gasteiger partial charge in [0.15, 0.2) is 5.01 Å². The summed E-state index contributed by atoms with van der Waals surface area (Å²) in [6.45, 7) is 6.03. The largest absolute Gasteiger partial charge is 0.350 e. The van der Waals surface area contributed by atoms with Crippen molar-refractivity contribution in [1.29, 1.82) is 0 Å². The monoisotopic (exact) mass is 358 g/mol. The number of carbonyl (C=O) groups is 2. The topological polar surface area (TPSA) is 75.2 Å². The molecule has 2 amide bonds. The average Bonchev–Trinajstić information content (AvgIpc) is 2.93. The minimum absolute atomic E-state index is 0.0208. The standard InChI is InChI=1S/C18H22N4O2S/c1-12(2)11-20-16(23)17-21-14-5-9-22(10-6-15(14)25-17)18(24)13-3-7-19-8-4-13/h3-4,7-8,12H,5-6,9-11H2,1-2H3,(H,20,23). The summed E-state index contributed by atoms with van der Waals surface area (Å²) in [6.07, 6.45) is 4.68. The van der Waals surface area contributed by atoms with Gasteiger partial charge >= 0.3 is 0 Å². The van der Waals surface area contributed by atoms with E-state index in [0.717, 1.165) is 17.0 Å². The Morgan fingerprint density at radius 2 is 1.96 bits per heavy atom. The number of fused-ring (bicyclic) bond motifs is 1. The van der Waals surface area contributed by atoms with Gasteiger partial charge in [-0.3, -0.25) is 14.6 Å². The van der Waals surface area contributed by atoms with E-state index in [1.54, 1.807) is 24.5 Å². The first-order valence-corrected chi connectivity index (χ1v) is 9.32. The lowest BCUT2D eigenvalue weighted by Crippen LogP contribution is -2.33. The molecule has 2 aromatic heterocycles. The zero-order chi connectivity index (χ0) is 17.8. The van der Waals surface area contributed by atoms with Crippen LogP contribution in [0.25, 0.3) is 0 Å². The number of hydrogen-bond acceptors (Lipinski definition) is 5. The summed E-state index contributed by atoms with van der Waals surface area (Å²) in [6, 6.07) is 3.47. The molecular weight excluding hydrogens is 336 g/mol. The maximum absolute atomic E-state index is 12.6. The Balaban J connectivity index is 1.65. The lowest BCUT2D eigenvalue weighted by atomic mass is 10.2. The fraction of sp³-hybridized carbons (Fsp3) is 0.444. The molecule has 1 aliphatic rings. The van der Waals surface area contributed by atoms with E-state index >= 15 is 0 Å². The number of hydrogen-bond donors (Lipinski definition) is 1. The molecule has 132 valence electrons. The van der Waals surface area contributed by atoms with E-state index in [4.69, 9.17) is 0 Å². The number of aromatic nitrogens is 2. The SMILES string of the molecule is CC(C)CNC(=O)c1nc2c(s1)CCN(C(=O)c1ccncc1)CC2. The molecule has 0 fully saturated rings. The first-order valence-electron chi connectivity index (χ1n) is 8.50. The van der Waals surface area contributed by atoms with Crippen molar-refractivity contribution in [1.82, 2.24) is 20.2 Å². The third kappa shape index (κ3) is 4.22. The maximum atomic E-state index is 12.6. The van der Waals surface area contributed by atoms with Crippen LogP contribution in [0.5, 0.6) is 0 Å². The molecule has 3 heterocycles. The molecule has 0 spiro atoms. The van der Waals surface area contributed by atoms with Gasteiger partial charge in [-0.25, -0.2) is 4.98 Å². The van der Waals surface area contributed by atoms with Crippen LogP contribution in [0.15, 0.2) is 24.5 Å². The van der Waals surface area contributed by atoms with Crippen LogP contribution in [0.1, 0.15) is 44.6 Å². The third-order valence-electron chi connectivity index (χ3n) is 4.09. The number of rotatable bonds is 4. The van der Waals surface area contributed by atoms with Gasteiger partial charge < -0.3 is 10.2 Å². The molecule has 1 N–H and O–H groups in total. The molecule has 25 heavy (non-hydrogen) atoms.